The molecule has 132 valence electrons. The lowest BCUT2D eigenvalue weighted by atomic mass is 10.1. The second-order valence-electron chi connectivity index (χ2n) is 5.84. The SMILES string of the molecule is Cc1ccc(-n2c(O)c(C=Nc3cccc(F)c3)c(=O)[nH]c2=O)cc1C. The third-order valence-corrected chi connectivity index (χ3v) is 4.02. The summed E-state index contributed by atoms with van der Waals surface area (Å²) < 4.78 is 14.2. The summed E-state index contributed by atoms with van der Waals surface area (Å²) >= 11 is 0. The maximum absolute atomic E-state index is 13.2. The number of aliphatic imine (C=N–C) groups is 1. The number of aromatic amines is 1. The molecule has 3 rings (SSSR count). The number of nitrogens with one attached hydrogen (secondary N) is 1. The van der Waals surface area contributed by atoms with Crippen LogP contribution in [0.5, 0.6) is 5.88 Å². The minimum atomic E-state index is -0.785. The molecule has 0 amide bonds. The zero-order valence-electron chi connectivity index (χ0n) is 14.2. The van der Waals surface area contributed by atoms with Crippen LogP contribution in [0.1, 0.15) is 16.7 Å². The Balaban J connectivity index is 2.14. The number of benzene rings is 2. The smallest absolute Gasteiger partial charge is 0.335 e. The molecule has 0 aliphatic heterocycles. The Bertz CT molecular complexity index is 1130. The highest BCUT2D eigenvalue weighted by atomic mass is 19.1. The second-order valence-corrected chi connectivity index (χ2v) is 5.84. The molecule has 6 nitrogen and oxygen atoms in total. The van der Waals surface area contributed by atoms with Gasteiger partial charge in [-0.05, 0) is 55.3 Å². The van der Waals surface area contributed by atoms with E-state index in [-0.39, 0.29) is 11.3 Å². The molecule has 0 atom stereocenters. The van der Waals surface area contributed by atoms with Gasteiger partial charge in [0, 0.05) is 6.21 Å². The molecule has 7 heteroatoms. The maximum atomic E-state index is 13.2. The van der Waals surface area contributed by atoms with Gasteiger partial charge in [0.25, 0.3) is 5.56 Å². The predicted molar refractivity (Wildman–Crippen MR) is 97.5 cm³/mol. The number of nitrogens with zero attached hydrogens (tertiary/aromatic N) is 2. The van der Waals surface area contributed by atoms with Crippen molar-refractivity contribution < 1.29 is 9.50 Å². The first-order chi connectivity index (χ1) is 12.4. The van der Waals surface area contributed by atoms with Crippen LogP contribution in [0.4, 0.5) is 10.1 Å². The molecule has 0 unspecified atom stereocenters. The number of aryl methyl sites for hydroxylation is 2. The number of H-pyrrole nitrogens is 1. The average Bonchev–Trinajstić information content (AvgIpc) is 2.57. The van der Waals surface area contributed by atoms with Gasteiger partial charge in [-0.15, -0.1) is 0 Å². The molecule has 0 aliphatic rings. The third kappa shape index (κ3) is 3.32. The minimum Gasteiger partial charge on any atom is -0.493 e. The van der Waals surface area contributed by atoms with Crippen molar-refractivity contribution in [1.29, 1.82) is 0 Å². The highest BCUT2D eigenvalue weighted by Gasteiger charge is 2.14. The van der Waals surface area contributed by atoms with E-state index in [0.717, 1.165) is 21.9 Å². The first kappa shape index (κ1) is 17.3. The molecule has 26 heavy (non-hydrogen) atoms. The summed E-state index contributed by atoms with van der Waals surface area (Å²) in [5.41, 5.74) is 0.882. The number of halogens is 1. The Kier molecular flexibility index (Phi) is 4.53. The highest BCUT2D eigenvalue weighted by molar-refractivity contribution is 5.84. The second kappa shape index (κ2) is 6.79. The summed E-state index contributed by atoms with van der Waals surface area (Å²) in [5.74, 6) is -1.01. The van der Waals surface area contributed by atoms with Crippen molar-refractivity contribution in [2.24, 2.45) is 4.99 Å². The lowest BCUT2D eigenvalue weighted by molar-refractivity contribution is 0.430. The monoisotopic (exact) mass is 353 g/mol. The summed E-state index contributed by atoms with van der Waals surface area (Å²) in [6.07, 6.45) is 1.10. The van der Waals surface area contributed by atoms with E-state index < -0.39 is 22.9 Å². The van der Waals surface area contributed by atoms with Crippen LogP contribution in [-0.4, -0.2) is 20.9 Å². The molecule has 1 aromatic heterocycles. The van der Waals surface area contributed by atoms with E-state index in [1.807, 2.05) is 19.9 Å². The van der Waals surface area contributed by atoms with Gasteiger partial charge in [-0.25, -0.2) is 13.8 Å². The van der Waals surface area contributed by atoms with Crippen LogP contribution in [-0.2, 0) is 0 Å². The molecule has 3 aromatic rings. The van der Waals surface area contributed by atoms with Crippen LogP contribution in [0.15, 0.2) is 57.0 Å². The Morgan fingerprint density at radius 3 is 2.58 bits per heavy atom. The standard InChI is InChI=1S/C19H16FN3O3/c1-11-6-7-15(8-12(11)2)23-18(25)16(17(24)22-19(23)26)10-21-14-5-3-4-13(20)9-14/h3-10,25H,1-2H3,(H,22,24,26). The lowest BCUT2D eigenvalue weighted by Gasteiger charge is -2.11. The normalized spacial score (nSPS) is 11.2. The molecule has 1 heterocycles. The van der Waals surface area contributed by atoms with E-state index in [2.05, 4.69) is 9.98 Å². The molecular formula is C19H16FN3O3. The first-order valence-electron chi connectivity index (χ1n) is 7.82. The summed E-state index contributed by atoms with van der Waals surface area (Å²) in [6.45, 7) is 3.80. The summed E-state index contributed by atoms with van der Waals surface area (Å²) in [7, 11) is 0. The summed E-state index contributed by atoms with van der Waals surface area (Å²) in [5, 5.41) is 10.5. The van der Waals surface area contributed by atoms with Crippen molar-refractivity contribution in [2.45, 2.75) is 13.8 Å². The fourth-order valence-corrected chi connectivity index (χ4v) is 2.45. The van der Waals surface area contributed by atoms with Gasteiger partial charge in [0.2, 0.25) is 5.88 Å². The molecule has 0 fully saturated rings. The first-order valence-corrected chi connectivity index (χ1v) is 7.82. The van der Waals surface area contributed by atoms with Gasteiger partial charge in [-0.3, -0.25) is 14.8 Å². The van der Waals surface area contributed by atoms with Gasteiger partial charge < -0.3 is 5.11 Å². The number of hydrogen-bond acceptors (Lipinski definition) is 4. The number of aromatic nitrogens is 2. The molecule has 0 saturated heterocycles. The highest BCUT2D eigenvalue weighted by Crippen LogP contribution is 2.19. The topological polar surface area (TPSA) is 87.4 Å². The minimum absolute atomic E-state index is 0.202. The van der Waals surface area contributed by atoms with Crippen LogP contribution in [0.2, 0.25) is 0 Å². The zero-order valence-corrected chi connectivity index (χ0v) is 14.2. The molecule has 0 spiro atoms. The molecule has 2 aromatic carbocycles. The fraction of sp³-hybridized carbons (Fsp3) is 0.105. The lowest BCUT2D eigenvalue weighted by Crippen LogP contribution is -2.31. The fourth-order valence-electron chi connectivity index (χ4n) is 2.45. The zero-order chi connectivity index (χ0) is 18.8. The molecule has 2 N–H and O–H groups in total. The van der Waals surface area contributed by atoms with Crippen LogP contribution in [0.25, 0.3) is 5.69 Å². The maximum Gasteiger partial charge on any atom is 0.335 e. The van der Waals surface area contributed by atoms with Crippen molar-refractivity contribution in [2.75, 3.05) is 0 Å². The molecule has 0 bridgehead atoms. The Labute approximate surface area is 147 Å². The van der Waals surface area contributed by atoms with E-state index in [9.17, 15) is 19.1 Å². The summed E-state index contributed by atoms with van der Waals surface area (Å²) in [4.78, 5) is 30.4. The molecule has 0 saturated carbocycles. The van der Waals surface area contributed by atoms with Gasteiger partial charge in [0.1, 0.15) is 11.4 Å². The van der Waals surface area contributed by atoms with Gasteiger partial charge in [-0.2, -0.15) is 0 Å². The molecule has 0 aliphatic carbocycles. The Morgan fingerprint density at radius 2 is 1.88 bits per heavy atom. The average molecular weight is 353 g/mol. The molecular weight excluding hydrogens is 337 g/mol. The van der Waals surface area contributed by atoms with Crippen LogP contribution >= 0.6 is 0 Å². The van der Waals surface area contributed by atoms with Gasteiger partial charge in [-0.1, -0.05) is 12.1 Å². The van der Waals surface area contributed by atoms with E-state index in [4.69, 9.17) is 0 Å². The van der Waals surface area contributed by atoms with Crippen molar-refractivity contribution in [3.63, 3.8) is 0 Å². The van der Waals surface area contributed by atoms with Crippen molar-refractivity contribution in [1.82, 2.24) is 9.55 Å². The van der Waals surface area contributed by atoms with Crippen LogP contribution in [0, 0.1) is 19.7 Å². The van der Waals surface area contributed by atoms with E-state index in [1.165, 1.54) is 18.2 Å². The van der Waals surface area contributed by atoms with Crippen molar-refractivity contribution in [3.05, 3.63) is 85.8 Å². The van der Waals surface area contributed by atoms with Gasteiger partial charge in [0.05, 0.1) is 11.4 Å². The summed E-state index contributed by atoms with van der Waals surface area (Å²) in [6, 6.07) is 10.7. The largest absolute Gasteiger partial charge is 0.493 e. The van der Waals surface area contributed by atoms with E-state index in [1.54, 1.807) is 18.2 Å². The molecule has 0 radical (unpaired) electrons. The van der Waals surface area contributed by atoms with Gasteiger partial charge >= 0.3 is 5.69 Å². The van der Waals surface area contributed by atoms with Crippen LogP contribution < -0.4 is 11.2 Å². The predicted octanol–water partition coefficient (Wildman–Crippen LogP) is 2.74. The quantitative estimate of drug-likeness (QED) is 0.710. The van der Waals surface area contributed by atoms with Crippen molar-refractivity contribution in [3.8, 4) is 11.6 Å². The van der Waals surface area contributed by atoms with Crippen molar-refractivity contribution >= 4 is 11.9 Å². The third-order valence-electron chi connectivity index (χ3n) is 4.02. The van der Waals surface area contributed by atoms with E-state index >= 15 is 0 Å². The van der Waals surface area contributed by atoms with Gasteiger partial charge in [0.15, 0.2) is 0 Å². The Morgan fingerprint density at radius 1 is 1.12 bits per heavy atom. The number of rotatable bonds is 3. The Hall–Kier alpha value is -3.48. The number of hydrogen-bond donors (Lipinski definition) is 2. The number of aromatic hydroxyl groups is 1. The van der Waals surface area contributed by atoms with Crippen LogP contribution in [0.3, 0.4) is 0 Å². The van der Waals surface area contributed by atoms with E-state index in [0.29, 0.717) is 5.69 Å².